The molecule has 0 unspecified atom stereocenters. The third kappa shape index (κ3) is 5.45. The quantitative estimate of drug-likeness (QED) is 0.737. The lowest BCUT2D eigenvalue weighted by Crippen LogP contribution is -2.53. The number of hydrogen-bond acceptors (Lipinski definition) is 5. The van der Waals surface area contributed by atoms with Crippen LogP contribution in [0.15, 0.2) is 48.5 Å². The molecule has 2 aromatic rings. The molecule has 2 heterocycles. The van der Waals surface area contributed by atoms with Gasteiger partial charge in [-0.25, -0.2) is 0 Å². The number of amides is 2. The molecule has 2 amide bonds. The van der Waals surface area contributed by atoms with Crippen LogP contribution in [-0.2, 0) is 22.3 Å². The number of benzene rings is 2. The Balaban J connectivity index is 1.32. The van der Waals surface area contributed by atoms with Gasteiger partial charge in [0.05, 0.1) is 24.3 Å². The zero-order valence-electron chi connectivity index (χ0n) is 17.9. The molecule has 1 fully saturated rings. The lowest BCUT2D eigenvalue weighted by atomic mass is 10.1. The number of carbonyl (C=O) groups excluding carboxylic acids is 2. The van der Waals surface area contributed by atoms with E-state index in [1.165, 1.54) is 12.1 Å². The number of nitrogens with zero attached hydrogens (tertiary/aromatic N) is 3. The highest BCUT2D eigenvalue weighted by atomic mass is 19.4. The number of ether oxygens (including phenoxy) is 1. The SMILES string of the molecule is NC(=O)[C@H]1CN(C(=O)CN2CCN(Cc3ccc(C(F)(F)F)cc3)CC2)c2ccccc2O1. The second-order valence-electron chi connectivity index (χ2n) is 8.23. The summed E-state index contributed by atoms with van der Waals surface area (Å²) in [5.41, 5.74) is 6.18. The van der Waals surface area contributed by atoms with E-state index in [0.717, 1.165) is 17.7 Å². The number of nitrogens with two attached hydrogens (primary N) is 1. The topological polar surface area (TPSA) is 79.1 Å². The third-order valence-corrected chi connectivity index (χ3v) is 5.90. The Morgan fingerprint density at radius 1 is 0.970 bits per heavy atom. The van der Waals surface area contributed by atoms with Crippen LogP contribution in [-0.4, -0.2) is 67.0 Å². The minimum absolute atomic E-state index is 0.0685. The van der Waals surface area contributed by atoms with Gasteiger partial charge in [0.2, 0.25) is 5.91 Å². The normalized spacial score (nSPS) is 19.6. The number of rotatable bonds is 5. The maximum atomic E-state index is 13.1. The van der Waals surface area contributed by atoms with Crippen molar-refractivity contribution in [2.75, 3.05) is 44.2 Å². The van der Waals surface area contributed by atoms with Crippen LogP contribution in [0.4, 0.5) is 18.9 Å². The van der Waals surface area contributed by atoms with Gasteiger partial charge in [-0.2, -0.15) is 13.2 Å². The third-order valence-electron chi connectivity index (χ3n) is 5.90. The van der Waals surface area contributed by atoms with E-state index in [-0.39, 0.29) is 19.0 Å². The number of fused-ring (bicyclic) bond motifs is 1. The van der Waals surface area contributed by atoms with Crippen LogP contribution in [0.2, 0.25) is 0 Å². The average Bonchev–Trinajstić information content (AvgIpc) is 2.79. The largest absolute Gasteiger partial charge is 0.477 e. The molecule has 2 aliphatic rings. The van der Waals surface area contributed by atoms with Gasteiger partial charge in [-0.05, 0) is 29.8 Å². The van der Waals surface area contributed by atoms with Crippen molar-refractivity contribution in [1.82, 2.24) is 9.80 Å². The summed E-state index contributed by atoms with van der Waals surface area (Å²) in [7, 11) is 0. The average molecular weight is 462 g/mol. The molecule has 33 heavy (non-hydrogen) atoms. The number of primary amides is 1. The van der Waals surface area contributed by atoms with E-state index in [2.05, 4.69) is 4.90 Å². The molecule has 0 radical (unpaired) electrons. The highest BCUT2D eigenvalue weighted by Gasteiger charge is 2.33. The molecule has 0 aromatic heterocycles. The Morgan fingerprint density at radius 2 is 1.61 bits per heavy atom. The van der Waals surface area contributed by atoms with Crippen LogP contribution in [0.25, 0.3) is 0 Å². The van der Waals surface area contributed by atoms with E-state index in [9.17, 15) is 22.8 Å². The van der Waals surface area contributed by atoms with Crippen molar-refractivity contribution in [1.29, 1.82) is 0 Å². The fourth-order valence-corrected chi connectivity index (χ4v) is 4.06. The molecule has 0 aliphatic carbocycles. The van der Waals surface area contributed by atoms with Gasteiger partial charge in [-0.3, -0.25) is 19.4 Å². The molecule has 10 heteroatoms. The van der Waals surface area contributed by atoms with E-state index in [1.54, 1.807) is 29.2 Å². The van der Waals surface area contributed by atoms with Crippen molar-refractivity contribution in [3.63, 3.8) is 0 Å². The van der Waals surface area contributed by atoms with E-state index in [1.807, 2.05) is 4.90 Å². The summed E-state index contributed by atoms with van der Waals surface area (Å²) in [4.78, 5) is 30.4. The highest BCUT2D eigenvalue weighted by molar-refractivity contribution is 5.98. The van der Waals surface area contributed by atoms with Gasteiger partial charge in [0.15, 0.2) is 6.10 Å². The molecule has 0 spiro atoms. The lowest BCUT2D eigenvalue weighted by Gasteiger charge is -2.37. The zero-order chi connectivity index (χ0) is 23.6. The fourth-order valence-electron chi connectivity index (χ4n) is 4.06. The molecular weight excluding hydrogens is 437 g/mol. The number of carbonyl (C=O) groups is 2. The summed E-state index contributed by atoms with van der Waals surface area (Å²) in [6, 6.07) is 12.2. The van der Waals surface area contributed by atoms with Crippen LogP contribution < -0.4 is 15.4 Å². The van der Waals surface area contributed by atoms with Gasteiger partial charge in [0.1, 0.15) is 5.75 Å². The molecule has 4 rings (SSSR count). The Morgan fingerprint density at radius 3 is 2.24 bits per heavy atom. The lowest BCUT2D eigenvalue weighted by molar-refractivity contribution is -0.137. The molecule has 1 saturated heterocycles. The van der Waals surface area contributed by atoms with Gasteiger partial charge in [-0.15, -0.1) is 0 Å². The monoisotopic (exact) mass is 462 g/mol. The van der Waals surface area contributed by atoms with Crippen LogP contribution in [0.1, 0.15) is 11.1 Å². The highest BCUT2D eigenvalue weighted by Crippen LogP contribution is 2.33. The Bertz CT molecular complexity index is 1000. The summed E-state index contributed by atoms with van der Waals surface area (Å²) in [5, 5.41) is 0. The van der Waals surface area contributed by atoms with Crippen molar-refractivity contribution in [2.24, 2.45) is 5.73 Å². The van der Waals surface area contributed by atoms with Crippen molar-refractivity contribution in [3.05, 3.63) is 59.7 Å². The fraction of sp³-hybridized carbons (Fsp3) is 0.391. The second-order valence-corrected chi connectivity index (χ2v) is 8.23. The number of alkyl halides is 3. The summed E-state index contributed by atoms with van der Waals surface area (Å²) in [6.45, 7) is 3.50. The summed E-state index contributed by atoms with van der Waals surface area (Å²) in [6.07, 6.45) is -5.24. The van der Waals surface area contributed by atoms with Gasteiger partial charge in [0, 0.05) is 32.7 Å². The standard InChI is InChI=1S/C23H25F3N4O3/c24-23(25,26)17-7-5-16(6-8-17)13-28-9-11-29(12-10-28)15-21(31)30-14-20(22(27)32)33-19-4-2-1-3-18(19)30/h1-8,20H,9-15H2,(H2,27,32)/t20-/m1/s1. The van der Waals surface area contributed by atoms with Gasteiger partial charge in [0.25, 0.3) is 5.91 Å². The Kier molecular flexibility index (Phi) is 6.57. The van der Waals surface area contributed by atoms with Crippen molar-refractivity contribution < 1.29 is 27.5 Å². The van der Waals surface area contributed by atoms with Crippen LogP contribution in [0.3, 0.4) is 0 Å². The first-order valence-corrected chi connectivity index (χ1v) is 10.7. The minimum atomic E-state index is -4.34. The molecular formula is C23H25F3N4O3. The van der Waals surface area contributed by atoms with Crippen molar-refractivity contribution in [3.8, 4) is 5.75 Å². The van der Waals surface area contributed by atoms with Gasteiger partial charge >= 0.3 is 6.18 Å². The van der Waals surface area contributed by atoms with Crippen LogP contribution in [0, 0.1) is 0 Å². The number of anilines is 1. The molecule has 2 aliphatic heterocycles. The summed E-state index contributed by atoms with van der Waals surface area (Å²) in [5.74, 6) is -0.324. The smallest absolute Gasteiger partial charge is 0.416 e. The van der Waals surface area contributed by atoms with E-state index in [0.29, 0.717) is 44.2 Å². The van der Waals surface area contributed by atoms with Crippen LogP contribution in [0.5, 0.6) is 5.75 Å². The van der Waals surface area contributed by atoms with Crippen LogP contribution >= 0.6 is 0 Å². The number of piperazine rings is 1. The first-order chi connectivity index (χ1) is 15.7. The van der Waals surface area contributed by atoms with E-state index >= 15 is 0 Å². The first kappa shape index (κ1) is 23.1. The molecule has 176 valence electrons. The molecule has 2 N–H and O–H groups in total. The molecule has 0 saturated carbocycles. The van der Waals surface area contributed by atoms with E-state index in [4.69, 9.17) is 10.5 Å². The molecule has 7 nitrogen and oxygen atoms in total. The molecule has 0 bridgehead atoms. The number of halogens is 3. The van der Waals surface area contributed by atoms with Crippen molar-refractivity contribution >= 4 is 17.5 Å². The van der Waals surface area contributed by atoms with Gasteiger partial charge < -0.3 is 15.4 Å². The minimum Gasteiger partial charge on any atom is -0.477 e. The molecule has 1 atom stereocenters. The predicted molar refractivity (Wildman–Crippen MR) is 116 cm³/mol. The Labute approximate surface area is 189 Å². The predicted octanol–water partition coefficient (Wildman–Crippen LogP) is 2.10. The zero-order valence-corrected chi connectivity index (χ0v) is 17.9. The maximum absolute atomic E-state index is 13.1. The number of hydrogen-bond donors (Lipinski definition) is 1. The number of para-hydroxylation sites is 2. The van der Waals surface area contributed by atoms with E-state index < -0.39 is 23.8 Å². The summed E-state index contributed by atoms with van der Waals surface area (Å²) >= 11 is 0. The summed E-state index contributed by atoms with van der Waals surface area (Å²) < 4.78 is 43.8. The van der Waals surface area contributed by atoms with Crippen molar-refractivity contribution in [2.45, 2.75) is 18.8 Å². The van der Waals surface area contributed by atoms with Gasteiger partial charge in [-0.1, -0.05) is 24.3 Å². The molecule has 2 aromatic carbocycles. The first-order valence-electron chi connectivity index (χ1n) is 10.7. The Hall–Kier alpha value is -3.11. The second kappa shape index (κ2) is 9.40. The maximum Gasteiger partial charge on any atom is 0.416 e.